The Balaban J connectivity index is 1.31. The van der Waals surface area contributed by atoms with Gasteiger partial charge in [0, 0.05) is 23.1 Å². The molecule has 3 aromatic carbocycles. The molecule has 0 aliphatic heterocycles. The largest absolute Gasteiger partial charge is 0.493 e. The van der Waals surface area contributed by atoms with Crippen LogP contribution in [0.4, 0.5) is 0 Å². The molecule has 0 fully saturated rings. The van der Waals surface area contributed by atoms with Crippen molar-refractivity contribution in [1.29, 1.82) is 0 Å². The molecular formula is C34H35N4O8P. The van der Waals surface area contributed by atoms with E-state index in [-0.39, 0.29) is 25.7 Å². The van der Waals surface area contributed by atoms with Crippen molar-refractivity contribution in [1.82, 2.24) is 14.8 Å². The second-order valence-electron chi connectivity index (χ2n) is 10.4. The number of aryl methyl sites for hydroxylation is 1. The van der Waals surface area contributed by atoms with Gasteiger partial charge in [-0.15, -0.1) is 5.10 Å². The van der Waals surface area contributed by atoms with E-state index >= 15 is 0 Å². The van der Waals surface area contributed by atoms with Crippen molar-refractivity contribution in [2.24, 2.45) is 5.73 Å². The summed E-state index contributed by atoms with van der Waals surface area (Å²) in [4.78, 5) is 26.4. The zero-order chi connectivity index (χ0) is 33.6. The minimum Gasteiger partial charge on any atom is -0.493 e. The number of aromatic nitrogens is 3. The molecule has 0 radical (unpaired) electrons. The number of hydrogen-bond donors (Lipinski definition) is 2. The summed E-state index contributed by atoms with van der Waals surface area (Å²) in [6, 6.07) is 20.0. The number of nitrogens with two attached hydrogens (primary N) is 1. The number of rotatable bonds is 14. The molecule has 0 aliphatic carbocycles. The fourth-order valence-corrected chi connectivity index (χ4v) is 5.55. The molecule has 2 aromatic heterocycles. The molecule has 5 rings (SSSR count). The van der Waals surface area contributed by atoms with E-state index in [2.05, 4.69) is 10.1 Å². The van der Waals surface area contributed by atoms with E-state index in [9.17, 15) is 14.3 Å². The Morgan fingerprint density at radius 1 is 1.04 bits per heavy atom. The maximum Gasteiger partial charge on any atom is 0.351 e. The van der Waals surface area contributed by atoms with Gasteiger partial charge in [0.25, 0.3) is 0 Å². The Morgan fingerprint density at radius 2 is 1.83 bits per heavy atom. The zero-order valence-electron chi connectivity index (χ0n) is 26.4. The lowest BCUT2D eigenvalue weighted by Crippen LogP contribution is -2.12. The topological polar surface area (TPSA) is 161 Å². The fourth-order valence-electron chi connectivity index (χ4n) is 4.74. The zero-order valence-corrected chi connectivity index (χ0v) is 27.3. The number of carbonyl (C=O) groups excluding carboxylic acids is 1. The molecule has 0 aliphatic rings. The highest BCUT2D eigenvalue weighted by molar-refractivity contribution is 7.56. The van der Waals surface area contributed by atoms with Crippen LogP contribution in [0.25, 0.3) is 23.2 Å². The van der Waals surface area contributed by atoms with Crippen LogP contribution in [-0.4, -0.2) is 39.3 Å². The lowest BCUT2D eigenvalue weighted by molar-refractivity contribution is 0.0999. The van der Waals surface area contributed by atoms with Crippen LogP contribution in [-0.2, 0) is 22.3 Å². The maximum atomic E-state index is 12.3. The van der Waals surface area contributed by atoms with Gasteiger partial charge in [-0.1, -0.05) is 30.3 Å². The predicted octanol–water partition coefficient (Wildman–Crippen LogP) is 6.60. The summed E-state index contributed by atoms with van der Waals surface area (Å²) in [7, 11) is -2.38. The first kappa shape index (κ1) is 33.2. The van der Waals surface area contributed by atoms with Crippen LogP contribution < -0.4 is 19.9 Å². The lowest BCUT2D eigenvalue weighted by Gasteiger charge is -2.12. The molecule has 13 heteroatoms. The van der Waals surface area contributed by atoms with Crippen LogP contribution in [0.3, 0.4) is 0 Å². The molecule has 1 amide bonds. The van der Waals surface area contributed by atoms with Crippen molar-refractivity contribution >= 4 is 19.6 Å². The van der Waals surface area contributed by atoms with Crippen LogP contribution >= 0.6 is 7.60 Å². The van der Waals surface area contributed by atoms with Crippen molar-refractivity contribution in [2.75, 3.05) is 13.7 Å². The van der Waals surface area contributed by atoms with Gasteiger partial charge in [-0.05, 0) is 74.4 Å². The minimum atomic E-state index is -3.92. The van der Waals surface area contributed by atoms with Gasteiger partial charge >= 0.3 is 7.60 Å². The van der Waals surface area contributed by atoms with Crippen molar-refractivity contribution in [3.05, 3.63) is 112 Å². The number of carbonyl (C=O) groups is 1. The smallest absolute Gasteiger partial charge is 0.351 e. The summed E-state index contributed by atoms with van der Waals surface area (Å²) >= 11 is 0. The number of hydrogen-bond acceptors (Lipinski definition) is 9. The Bertz CT molecular complexity index is 1950. The van der Waals surface area contributed by atoms with E-state index in [0.717, 1.165) is 17.1 Å². The van der Waals surface area contributed by atoms with Gasteiger partial charge in [-0.3, -0.25) is 9.36 Å². The third-order valence-corrected chi connectivity index (χ3v) is 8.33. The number of ether oxygens (including phenoxy) is 3. The van der Waals surface area contributed by atoms with Gasteiger partial charge in [0.1, 0.15) is 24.7 Å². The van der Waals surface area contributed by atoms with Crippen LogP contribution in [0.1, 0.15) is 45.4 Å². The first-order chi connectivity index (χ1) is 22.6. The molecule has 2 heterocycles. The third kappa shape index (κ3) is 7.98. The van der Waals surface area contributed by atoms with E-state index in [4.69, 9.17) is 28.9 Å². The summed E-state index contributed by atoms with van der Waals surface area (Å²) in [5.74, 6) is 2.76. The van der Waals surface area contributed by atoms with Crippen LogP contribution in [0.2, 0.25) is 0 Å². The van der Waals surface area contributed by atoms with Gasteiger partial charge in [0.05, 0.1) is 25.0 Å². The minimum absolute atomic E-state index is 0.0953. The summed E-state index contributed by atoms with van der Waals surface area (Å²) in [5.41, 5.74) is 9.90. The van der Waals surface area contributed by atoms with E-state index in [1.54, 1.807) is 55.9 Å². The normalized spacial score (nSPS) is 12.6. The molecule has 47 heavy (non-hydrogen) atoms. The van der Waals surface area contributed by atoms with Gasteiger partial charge in [0.15, 0.2) is 11.5 Å². The number of amides is 1. The van der Waals surface area contributed by atoms with Crippen molar-refractivity contribution in [3.63, 3.8) is 0 Å². The predicted molar refractivity (Wildman–Crippen MR) is 176 cm³/mol. The molecular weight excluding hydrogens is 623 g/mol. The second-order valence-corrected chi connectivity index (χ2v) is 12.1. The number of nitrogens with zero attached hydrogens (tertiary/aromatic N) is 3. The monoisotopic (exact) mass is 658 g/mol. The van der Waals surface area contributed by atoms with Crippen LogP contribution in [0.5, 0.6) is 17.4 Å². The quantitative estimate of drug-likeness (QED) is 0.124. The van der Waals surface area contributed by atoms with Gasteiger partial charge < -0.3 is 33.8 Å². The third-order valence-electron chi connectivity index (χ3n) is 7.17. The summed E-state index contributed by atoms with van der Waals surface area (Å²) in [6.07, 6.45) is 3.17. The lowest BCUT2D eigenvalue weighted by atomic mass is 10.0. The van der Waals surface area contributed by atoms with E-state index in [1.165, 1.54) is 13.2 Å². The average Bonchev–Trinajstić information content (AvgIpc) is 3.65. The highest BCUT2D eigenvalue weighted by atomic mass is 31.2. The Hall–Kier alpha value is -5.16. The molecule has 0 saturated carbocycles. The number of para-hydroxylation sites is 1. The standard InChI is InChI=1S/C34H35N4O8P/c1-5-45-47(40,41)17-16-25-19-38(26-10-7-6-8-11-26)37-33(25)44-20-24-14-15-30(31(18-24)42-4)43-21-29-23(3)46-34(36-29)28-13-9-12-27(22(28)2)32(35)39/h6-19H,5,20-21H2,1-4H3,(H2,35,39)(H,40,41). The first-order valence-electron chi connectivity index (χ1n) is 14.7. The molecule has 0 spiro atoms. The van der Waals surface area contributed by atoms with Crippen molar-refractivity contribution in [2.45, 2.75) is 34.0 Å². The molecule has 0 saturated heterocycles. The van der Waals surface area contributed by atoms with E-state index in [1.807, 2.05) is 42.5 Å². The first-order valence-corrected chi connectivity index (χ1v) is 16.3. The van der Waals surface area contributed by atoms with Gasteiger partial charge in [-0.2, -0.15) is 0 Å². The number of benzene rings is 3. The van der Waals surface area contributed by atoms with E-state index in [0.29, 0.717) is 51.1 Å². The summed E-state index contributed by atoms with van der Waals surface area (Å²) in [5, 5.41) is 4.55. The Morgan fingerprint density at radius 3 is 2.55 bits per heavy atom. The van der Waals surface area contributed by atoms with Crippen molar-refractivity contribution < 1.29 is 37.4 Å². The molecule has 5 aromatic rings. The molecule has 244 valence electrons. The van der Waals surface area contributed by atoms with Crippen molar-refractivity contribution in [3.8, 4) is 34.5 Å². The summed E-state index contributed by atoms with van der Waals surface area (Å²) < 4.78 is 42.5. The molecule has 12 nitrogen and oxygen atoms in total. The molecule has 1 unspecified atom stereocenters. The maximum absolute atomic E-state index is 12.3. The number of primary amides is 1. The second kappa shape index (κ2) is 14.5. The SMILES string of the molecule is CCOP(=O)(O)C=Cc1cn(-c2ccccc2)nc1OCc1ccc(OCc2nc(-c3cccc(C(N)=O)c3C)oc2C)c(OC)c1. The molecule has 3 N–H and O–H groups in total. The molecule has 0 bridgehead atoms. The highest BCUT2D eigenvalue weighted by Crippen LogP contribution is 2.44. The van der Waals surface area contributed by atoms with Gasteiger partial charge in [0.2, 0.25) is 17.7 Å². The number of oxazole rings is 1. The Kier molecular flexibility index (Phi) is 10.3. The van der Waals surface area contributed by atoms with Gasteiger partial charge in [-0.25, -0.2) is 9.67 Å². The molecule has 1 atom stereocenters. The van der Waals surface area contributed by atoms with Crippen LogP contribution in [0.15, 0.2) is 83.2 Å². The fraction of sp³-hybridized carbons (Fsp3) is 0.206. The Labute approximate surface area is 271 Å². The van der Waals surface area contributed by atoms with E-state index < -0.39 is 13.5 Å². The summed E-state index contributed by atoms with van der Waals surface area (Å²) in [6.45, 7) is 5.56. The van der Waals surface area contributed by atoms with Crippen LogP contribution in [0, 0.1) is 13.8 Å². The highest BCUT2D eigenvalue weighted by Gasteiger charge is 2.19. The number of methoxy groups -OCH3 is 1. The average molecular weight is 659 g/mol.